The molecule has 34 heavy (non-hydrogen) atoms. The van der Waals surface area contributed by atoms with Gasteiger partial charge >= 0.3 is 17.1 Å². The van der Waals surface area contributed by atoms with Crippen LogP contribution in [0.25, 0.3) is 33.9 Å². The SMILES string of the molecule is COc1cccc(-c2cccc(-c3cccc(-c4cccc(OC)c4O)n3)n2)c1O.[Cl-].[Cl-].[Cl-].[Mn+3]. The van der Waals surface area contributed by atoms with Gasteiger partial charge in [0, 0.05) is 11.1 Å². The Morgan fingerprint density at radius 1 is 0.529 bits per heavy atom. The Balaban J connectivity index is 0.00000272. The number of hydrogen-bond donors (Lipinski definition) is 2. The van der Waals surface area contributed by atoms with Crippen LogP contribution >= 0.6 is 0 Å². The van der Waals surface area contributed by atoms with Crippen molar-refractivity contribution in [3.8, 4) is 56.9 Å². The molecule has 0 amide bonds. The summed E-state index contributed by atoms with van der Waals surface area (Å²) >= 11 is 0. The number of aromatic hydroxyl groups is 2. The van der Waals surface area contributed by atoms with Gasteiger partial charge in [-0.3, -0.25) is 0 Å². The number of halogens is 3. The fourth-order valence-electron chi connectivity index (χ4n) is 3.24. The number of phenolic OH excluding ortho intramolecular Hbond substituents is 2. The number of hydrogen-bond acceptors (Lipinski definition) is 6. The molecule has 0 spiro atoms. The molecule has 0 aliphatic heterocycles. The van der Waals surface area contributed by atoms with Crippen molar-refractivity contribution < 1.29 is 74.0 Å². The molecule has 10 heteroatoms. The maximum Gasteiger partial charge on any atom is 3.00 e. The van der Waals surface area contributed by atoms with Gasteiger partial charge < -0.3 is 56.9 Å². The molecule has 2 aromatic carbocycles. The van der Waals surface area contributed by atoms with E-state index in [1.807, 2.05) is 36.4 Å². The van der Waals surface area contributed by atoms with E-state index >= 15 is 0 Å². The molecule has 0 saturated carbocycles. The van der Waals surface area contributed by atoms with Gasteiger partial charge in [-0.25, -0.2) is 9.97 Å². The van der Waals surface area contributed by atoms with Gasteiger partial charge in [0.25, 0.3) is 0 Å². The van der Waals surface area contributed by atoms with Crippen LogP contribution in [-0.4, -0.2) is 34.4 Å². The predicted molar refractivity (Wildman–Crippen MR) is 115 cm³/mol. The summed E-state index contributed by atoms with van der Waals surface area (Å²) in [6, 6.07) is 21.6. The Hall–Kier alpha value is -2.67. The average Bonchev–Trinajstić information content (AvgIpc) is 2.79. The van der Waals surface area contributed by atoms with E-state index in [0.717, 1.165) is 0 Å². The minimum absolute atomic E-state index is 0. The van der Waals surface area contributed by atoms with E-state index in [1.165, 1.54) is 14.2 Å². The molecule has 4 aromatic rings. The van der Waals surface area contributed by atoms with Crippen LogP contribution in [0.2, 0.25) is 0 Å². The fourth-order valence-corrected chi connectivity index (χ4v) is 3.24. The summed E-state index contributed by atoms with van der Waals surface area (Å²) in [7, 11) is 3.01. The molecule has 0 saturated heterocycles. The molecule has 0 radical (unpaired) electrons. The minimum Gasteiger partial charge on any atom is -1.00 e. The van der Waals surface area contributed by atoms with Crippen LogP contribution in [0.5, 0.6) is 23.0 Å². The van der Waals surface area contributed by atoms with Gasteiger partial charge in [-0.1, -0.05) is 24.3 Å². The molecule has 0 bridgehead atoms. The van der Waals surface area contributed by atoms with Crippen LogP contribution in [0.3, 0.4) is 0 Å². The Bertz CT molecular complexity index is 1130. The molecule has 2 N–H and O–H groups in total. The summed E-state index contributed by atoms with van der Waals surface area (Å²) in [5.41, 5.74) is 3.61. The molecule has 6 nitrogen and oxygen atoms in total. The van der Waals surface area contributed by atoms with Crippen LogP contribution in [0.1, 0.15) is 0 Å². The van der Waals surface area contributed by atoms with Gasteiger partial charge in [0.05, 0.1) is 37.0 Å². The van der Waals surface area contributed by atoms with Gasteiger partial charge in [0.1, 0.15) is 0 Å². The Morgan fingerprint density at radius 3 is 1.21 bits per heavy atom. The molecule has 4 rings (SSSR count). The summed E-state index contributed by atoms with van der Waals surface area (Å²) in [5.74, 6) is 0.835. The summed E-state index contributed by atoms with van der Waals surface area (Å²) in [4.78, 5) is 9.35. The van der Waals surface area contributed by atoms with Gasteiger partial charge in [-0.05, 0) is 48.5 Å². The summed E-state index contributed by atoms with van der Waals surface area (Å²) < 4.78 is 10.4. The summed E-state index contributed by atoms with van der Waals surface area (Å²) in [5, 5.41) is 20.9. The van der Waals surface area contributed by atoms with Crippen molar-refractivity contribution in [3.05, 3.63) is 72.8 Å². The van der Waals surface area contributed by atoms with Gasteiger partial charge in [0.15, 0.2) is 23.0 Å². The summed E-state index contributed by atoms with van der Waals surface area (Å²) in [6.45, 7) is 0. The molecule has 0 atom stereocenters. The molecule has 2 heterocycles. The van der Waals surface area contributed by atoms with E-state index in [1.54, 1.807) is 36.4 Å². The van der Waals surface area contributed by atoms with E-state index < -0.39 is 0 Å². The first-order valence-electron chi connectivity index (χ1n) is 9.29. The number of rotatable bonds is 5. The second-order valence-corrected chi connectivity index (χ2v) is 6.53. The third-order valence-corrected chi connectivity index (χ3v) is 4.75. The van der Waals surface area contributed by atoms with Crippen LogP contribution < -0.4 is 46.7 Å². The van der Waals surface area contributed by atoms with Crippen LogP contribution in [0.15, 0.2) is 72.8 Å². The number of pyridine rings is 2. The van der Waals surface area contributed by atoms with Crippen molar-refractivity contribution in [1.82, 2.24) is 9.97 Å². The van der Waals surface area contributed by atoms with Gasteiger partial charge in [-0.15, -0.1) is 0 Å². The van der Waals surface area contributed by atoms with E-state index in [9.17, 15) is 10.2 Å². The standard InChI is InChI=1S/C24H20N2O4.3ClH.Mn/c1-29-21-13-3-7-15(23(21)27)17-9-5-11-19(25-17)20-12-6-10-18(26-20)16-8-4-14-22(30-2)24(16)28;;;;/h3-14,27-28H,1-2H3;3*1H;/q;;;;+3/p-3. The second kappa shape index (κ2) is 13.9. The zero-order chi connectivity index (χ0) is 21.1. The Kier molecular flexibility index (Phi) is 12.8. The topological polar surface area (TPSA) is 84.7 Å². The number of benzene rings is 2. The van der Waals surface area contributed by atoms with Crippen molar-refractivity contribution in [2.45, 2.75) is 0 Å². The zero-order valence-corrected chi connectivity index (χ0v) is 21.5. The maximum atomic E-state index is 10.5. The van der Waals surface area contributed by atoms with Crippen molar-refractivity contribution >= 4 is 0 Å². The number of aromatic nitrogens is 2. The number of para-hydroxylation sites is 2. The molecule has 0 aliphatic rings. The first-order chi connectivity index (χ1) is 14.6. The zero-order valence-electron chi connectivity index (χ0n) is 18.0. The number of nitrogens with zero attached hydrogens (tertiary/aromatic N) is 2. The van der Waals surface area contributed by atoms with E-state index in [-0.39, 0.29) is 65.8 Å². The molecule has 2 aromatic heterocycles. The molecule has 0 fully saturated rings. The average molecular weight is 562 g/mol. The number of ether oxygens (including phenoxy) is 2. The van der Waals surface area contributed by atoms with Crippen molar-refractivity contribution in [1.29, 1.82) is 0 Å². The normalized spacial score (nSPS) is 9.35. The minimum atomic E-state index is 0. The predicted octanol–water partition coefficient (Wildman–Crippen LogP) is -4.08. The second-order valence-electron chi connectivity index (χ2n) is 6.53. The van der Waals surface area contributed by atoms with Crippen LogP contribution in [0.4, 0.5) is 0 Å². The van der Waals surface area contributed by atoms with Gasteiger partial charge in [0.2, 0.25) is 0 Å². The van der Waals surface area contributed by atoms with Crippen molar-refractivity contribution in [3.63, 3.8) is 0 Å². The molecular formula is C24H20Cl3MnN2O4. The number of phenols is 2. The molecular weight excluding hydrogens is 542 g/mol. The van der Waals surface area contributed by atoms with Crippen molar-refractivity contribution in [2.75, 3.05) is 14.2 Å². The van der Waals surface area contributed by atoms with Crippen LogP contribution in [0, 0.1) is 0 Å². The van der Waals surface area contributed by atoms with Gasteiger partial charge in [-0.2, -0.15) is 0 Å². The third-order valence-electron chi connectivity index (χ3n) is 4.75. The van der Waals surface area contributed by atoms with E-state index in [4.69, 9.17) is 9.47 Å². The molecule has 178 valence electrons. The quantitative estimate of drug-likeness (QED) is 0.241. The number of methoxy groups -OCH3 is 2. The van der Waals surface area contributed by atoms with Crippen LogP contribution in [-0.2, 0) is 17.1 Å². The Labute approximate surface area is 227 Å². The third kappa shape index (κ3) is 6.26. The molecule has 0 aliphatic carbocycles. The molecule has 0 unspecified atom stereocenters. The monoisotopic (exact) mass is 560 g/mol. The summed E-state index contributed by atoms with van der Waals surface area (Å²) in [6.07, 6.45) is 0. The maximum absolute atomic E-state index is 10.5. The van der Waals surface area contributed by atoms with Crippen molar-refractivity contribution in [2.24, 2.45) is 0 Å². The van der Waals surface area contributed by atoms with E-state index in [0.29, 0.717) is 45.4 Å². The first kappa shape index (κ1) is 31.3. The smallest absolute Gasteiger partial charge is 1.00 e. The fraction of sp³-hybridized carbons (Fsp3) is 0.0833. The first-order valence-corrected chi connectivity index (χ1v) is 9.29. The Morgan fingerprint density at radius 2 is 0.853 bits per heavy atom. The van der Waals surface area contributed by atoms with E-state index in [2.05, 4.69) is 9.97 Å². The largest absolute Gasteiger partial charge is 3.00 e.